The first-order chi connectivity index (χ1) is 7.57. The highest BCUT2D eigenvalue weighted by Gasteiger charge is 2.07. The van der Waals surface area contributed by atoms with Crippen LogP contribution in [0.4, 0.5) is 0 Å². The van der Waals surface area contributed by atoms with Gasteiger partial charge in [0.2, 0.25) is 10.0 Å². The molecule has 0 fully saturated rings. The largest absolute Gasteiger partial charge is 0.212 e. The summed E-state index contributed by atoms with van der Waals surface area (Å²) in [4.78, 5) is 0. The number of rotatable bonds is 5. The Balaban J connectivity index is 2.59. The highest BCUT2D eigenvalue weighted by Crippen LogP contribution is 2.03. The molecular weight excluding hydrogens is 224 g/mol. The monoisotopic (exact) mass is 238 g/mol. The SMILES string of the molecule is CCCS(=O)(=O)NCc1ccc(C#N)cc1. The third-order valence-electron chi connectivity index (χ3n) is 2.05. The van der Waals surface area contributed by atoms with Crippen LogP contribution in [0.15, 0.2) is 24.3 Å². The first-order valence-corrected chi connectivity index (χ1v) is 6.69. The predicted octanol–water partition coefficient (Wildman–Crippen LogP) is 1.39. The molecule has 0 aliphatic rings. The normalized spacial score (nSPS) is 11.0. The average molecular weight is 238 g/mol. The summed E-state index contributed by atoms with van der Waals surface area (Å²) in [5.74, 6) is 0.142. The van der Waals surface area contributed by atoms with Crippen molar-refractivity contribution in [2.45, 2.75) is 19.9 Å². The molecule has 0 saturated heterocycles. The molecule has 0 aromatic heterocycles. The summed E-state index contributed by atoms with van der Waals surface area (Å²) in [7, 11) is -3.16. The van der Waals surface area contributed by atoms with Gasteiger partial charge >= 0.3 is 0 Å². The van der Waals surface area contributed by atoms with Crippen molar-refractivity contribution in [3.8, 4) is 6.07 Å². The van der Waals surface area contributed by atoms with Crippen molar-refractivity contribution < 1.29 is 8.42 Å². The van der Waals surface area contributed by atoms with Gasteiger partial charge in [-0.25, -0.2) is 13.1 Å². The van der Waals surface area contributed by atoms with Gasteiger partial charge in [-0.05, 0) is 24.1 Å². The van der Waals surface area contributed by atoms with E-state index in [0.29, 0.717) is 12.0 Å². The highest BCUT2D eigenvalue weighted by atomic mass is 32.2. The molecule has 4 nitrogen and oxygen atoms in total. The minimum Gasteiger partial charge on any atom is -0.212 e. The van der Waals surface area contributed by atoms with E-state index in [1.165, 1.54) is 0 Å². The maximum Gasteiger partial charge on any atom is 0.211 e. The van der Waals surface area contributed by atoms with Crippen LogP contribution in [-0.2, 0) is 16.6 Å². The van der Waals surface area contributed by atoms with Crippen LogP contribution >= 0.6 is 0 Å². The van der Waals surface area contributed by atoms with Crippen molar-refractivity contribution in [1.82, 2.24) is 4.72 Å². The van der Waals surface area contributed by atoms with Gasteiger partial charge in [0.1, 0.15) is 0 Å². The number of benzene rings is 1. The third-order valence-corrected chi connectivity index (χ3v) is 3.58. The minimum atomic E-state index is -3.16. The zero-order chi connectivity index (χ0) is 12.0. The van der Waals surface area contributed by atoms with Gasteiger partial charge in [-0.3, -0.25) is 0 Å². The van der Waals surface area contributed by atoms with Crippen molar-refractivity contribution in [3.05, 3.63) is 35.4 Å². The molecule has 0 bridgehead atoms. The van der Waals surface area contributed by atoms with Crippen molar-refractivity contribution >= 4 is 10.0 Å². The smallest absolute Gasteiger partial charge is 0.211 e. The van der Waals surface area contributed by atoms with Crippen LogP contribution in [0.2, 0.25) is 0 Å². The van der Waals surface area contributed by atoms with E-state index in [1.807, 2.05) is 13.0 Å². The van der Waals surface area contributed by atoms with Crippen LogP contribution in [-0.4, -0.2) is 14.2 Å². The maximum atomic E-state index is 11.4. The molecule has 1 rings (SSSR count). The summed E-state index contributed by atoms with van der Waals surface area (Å²) >= 11 is 0. The fraction of sp³-hybridized carbons (Fsp3) is 0.364. The van der Waals surface area contributed by atoms with E-state index >= 15 is 0 Å². The summed E-state index contributed by atoms with van der Waals surface area (Å²) in [6, 6.07) is 8.83. The van der Waals surface area contributed by atoms with Gasteiger partial charge < -0.3 is 0 Å². The molecule has 0 unspecified atom stereocenters. The molecule has 0 spiro atoms. The van der Waals surface area contributed by atoms with E-state index in [-0.39, 0.29) is 12.3 Å². The van der Waals surface area contributed by atoms with E-state index in [2.05, 4.69) is 4.72 Å². The molecule has 0 atom stereocenters. The topological polar surface area (TPSA) is 70.0 Å². The zero-order valence-electron chi connectivity index (χ0n) is 9.10. The van der Waals surface area contributed by atoms with E-state index in [1.54, 1.807) is 24.3 Å². The molecule has 0 saturated carbocycles. The molecule has 0 heterocycles. The molecule has 1 N–H and O–H groups in total. The van der Waals surface area contributed by atoms with E-state index in [9.17, 15) is 8.42 Å². The molecule has 1 aromatic rings. The van der Waals surface area contributed by atoms with Gasteiger partial charge in [-0.1, -0.05) is 19.1 Å². The Morgan fingerprint density at radius 1 is 1.31 bits per heavy atom. The molecule has 5 heteroatoms. The second-order valence-electron chi connectivity index (χ2n) is 3.45. The lowest BCUT2D eigenvalue weighted by Crippen LogP contribution is -2.25. The minimum absolute atomic E-state index is 0.142. The fourth-order valence-corrected chi connectivity index (χ4v) is 2.30. The van der Waals surface area contributed by atoms with E-state index < -0.39 is 10.0 Å². The summed E-state index contributed by atoms with van der Waals surface area (Å²) < 4.78 is 25.2. The average Bonchev–Trinajstić information content (AvgIpc) is 2.27. The van der Waals surface area contributed by atoms with Crippen LogP contribution in [0.1, 0.15) is 24.5 Å². The van der Waals surface area contributed by atoms with Crippen LogP contribution in [0.5, 0.6) is 0 Å². The quantitative estimate of drug-likeness (QED) is 0.842. The van der Waals surface area contributed by atoms with Crippen LogP contribution < -0.4 is 4.72 Å². The molecule has 0 aliphatic carbocycles. The molecule has 0 aliphatic heterocycles. The second-order valence-corrected chi connectivity index (χ2v) is 5.38. The zero-order valence-corrected chi connectivity index (χ0v) is 9.92. The predicted molar refractivity (Wildman–Crippen MR) is 62.1 cm³/mol. The van der Waals surface area contributed by atoms with Gasteiger partial charge in [0.05, 0.1) is 17.4 Å². The fourth-order valence-electron chi connectivity index (χ4n) is 1.23. The lowest BCUT2D eigenvalue weighted by Gasteiger charge is -2.05. The first kappa shape index (κ1) is 12.7. The first-order valence-electron chi connectivity index (χ1n) is 5.04. The van der Waals surface area contributed by atoms with Gasteiger partial charge in [0.25, 0.3) is 0 Å². The summed E-state index contributed by atoms with van der Waals surface area (Å²) in [5.41, 5.74) is 1.42. The van der Waals surface area contributed by atoms with Gasteiger partial charge in [0.15, 0.2) is 0 Å². The van der Waals surface area contributed by atoms with Gasteiger partial charge in [0, 0.05) is 6.54 Å². The Bertz CT molecular complexity index is 472. The number of nitrogens with zero attached hydrogens (tertiary/aromatic N) is 1. The highest BCUT2D eigenvalue weighted by molar-refractivity contribution is 7.89. The Kier molecular flexibility index (Phi) is 4.47. The number of hydrogen-bond acceptors (Lipinski definition) is 3. The molecule has 16 heavy (non-hydrogen) atoms. The number of sulfonamides is 1. The second kappa shape index (κ2) is 5.64. The van der Waals surface area contributed by atoms with Crippen LogP contribution in [0.3, 0.4) is 0 Å². The molecule has 0 radical (unpaired) electrons. The lowest BCUT2D eigenvalue weighted by atomic mass is 10.1. The van der Waals surface area contributed by atoms with Crippen LogP contribution in [0.25, 0.3) is 0 Å². The van der Waals surface area contributed by atoms with Crippen molar-refractivity contribution in [1.29, 1.82) is 5.26 Å². The standard InChI is InChI=1S/C11H14N2O2S/c1-2-7-16(14,15)13-9-11-5-3-10(8-12)4-6-11/h3-6,13H,2,7,9H2,1H3. The van der Waals surface area contributed by atoms with E-state index in [0.717, 1.165) is 5.56 Å². The Morgan fingerprint density at radius 3 is 2.44 bits per heavy atom. The Morgan fingerprint density at radius 2 is 1.94 bits per heavy atom. The van der Waals surface area contributed by atoms with Gasteiger partial charge in [-0.15, -0.1) is 0 Å². The number of hydrogen-bond donors (Lipinski definition) is 1. The third kappa shape index (κ3) is 4.01. The van der Waals surface area contributed by atoms with Crippen LogP contribution in [0, 0.1) is 11.3 Å². The number of nitrogens with one attached hydrogen (secondary N) is 1. The number of nitriles is 1. The Hall–Kier alpha value is -1.38. The molecule has 1 aromatic carbocycles. The summed E-state index contributed by atoms with van der Waals surface area (Å²) in [5, 5.41) is 8.60. The maximum absolute atomic E-state index is 11.4. The summed E-state index contributed by atoms with van der Waals surface area (Å²) in [6.07, 6.45) is 0.600. The van der Waals surface area contributed by atoms with Crippen molar-refractivity contribution in [2.24, 2.45) is 0 Å². The van der Waals surface area contributed by atoms with Crippen molar-refractivity contribution in [2.75, 3.05) is 5.75 Å². The summed E-state index contributed by atoms with van der Waals surface area (Å²) in [6.45, 7) is 2.09. The van der Waals surface area contributed by atoms with E-state index in [4.69, 9.17) is 5.26 Å². The Labute approximate surface area is 96.0 Å². The molecule has 86 valence electrons. The molecular formula is C11H14N2O2S. The lowest BCUT2D eigenvalue weighted by molar-refractivity contribution is 0.580. The van der Waals surface area contributed by atoms with Crippen molar-refractivity contribution in [3.63, 3.8) is 0 Å². The van der Waals surface area contributed by atoms with Gasteiger partial charge in [-0.2, -0.15) is 5.26 Å². The molecule has 0 amide bonds.